The van der Waals surface area contributed by atoms with Gasteiger partial charge in [0.25, 0.3) is 0 Å². The Labute approximate surface area is 158 Å². The summed E-state index contributed by atoms with van der Waals surface area (Å²) in [6.45, 7) is 2.00. The van der Waals surface area contributed by atoms with Crippen molar-refractivity contribution in [3.8, 4) is 6.07 Å². The maximum Gasteiger partial charge on any atom is 0.416 e. The lowest BCUT2D eigenvalue weighted by Crippen LogP contribution is -2.04. The van der Waals surface area contributed by atoms with Crippen molar-refractivity contribution in [3.63, 3.8) is 0 Å². The fourth-order valence-corrected chi connectivity index (χ4v) is 3.15. The van der Waals surface area contributed by atoms with Gasteiger partial charge in [0, 0.05) is 4.90 Å². The van der Waals surface area contributed by atoms with E-state index in [1.54, 1.807) is 12.1 Å². The Morgan fingerprint density at radius 2 is 1.81 bits per heavy atom. The Hall–Kier alpha value is -2.91. The second-order valence-electron chi connectivity index (χ2n) is 5.82. The normalized spacial score (nSPS) is 12.0. The summed E-state index contributed by atoms with van der Waals surface area (Å²) in [6, 6.07) is 18.0. The van der Waals surface area contributed by atoms with Gasteiger partial charge in [0.15, 0.2) is 5.09 Å². The van der Waals surface area contributed by atoms with Crippen molar-refractivity contribution < 1.29 is 17.6 Å². The summed E-state index contributed by atoms with van der Waals surface area (Å²) >= 11 is 1.43. The van der Waals surface area contributed by atoms with Gasteiger partial charge in [0.2, 0.25) is 0 Å². The average Bonchev–Trinajstić information content (AvgIpc) is 3.08. The molecular formula is C21H14F3NOS. The summed E-state index contributed by atoms with van der Waals surface area (Å²) in [5, 5.41) is 9.99. The number of rotatable bonds is 4. The summed E-state index contributed by atoms with van der Waals surface area (Å²) in [5.41, 5.74) is 0.650. The third kappa shape index (κ3) is 4.83. The molecule has 0 bridgehead atoms. The molecule has 2 nitrogen and oxygen atoms in total. The zero-order valence-electron chi connectivity index (χ0n) is 14.2. The van der Waals surface area contributed by atoms with Crippen molar-refractivity contribution in [2.75, 3.05) is 0 Å². The van der Waals surface area contributed by atoms with Crippen molar-refractivity contribution in [3.05, 3.63) is 83.1 Å². The summed E-state index contributed by atoms with van der Waals surface area (Å²) < 4.78 is 44.3. The van der Waals surface area contributed by atoms with Crippen LogP contribution in [0.15, 0.2) is 75.1 Å². The van der Waals surface area contributed by atoms with Crippen LogP contribution in [0.1, 0.15) is 22.5 Å². The van der Waals surface area contributed by atoms with Gasteiger partial charge >= 0.3 is 6.18 Å². The predicted octanol–water partition coefficient (Wildman–Crippen LogP) is 6.82. The van der Waals surface area contributed by atoms with Crippen LogP contribution in [0.2, 0.25) is 0 Å². The number of alkyl halides is 3. The second kappa shape index (κ2) is 7.77. The maximum atomic E-state index is 12.9. The molecule has 2 aromatic carbocycles. The Kier molecular flexibility index (Phi) is 5.43. The van der Waals surface area contributed by atoms with Crippen molar-refractivity contribution in [2.45, 2.75) is 23.1 Å². The average molecular weight is 385 g/mol. The zero-order valence-corrected chi connectivity index (χ0v) is 15.1. The minimum atomic E-state index is -4.46. The van der Waals surface area contributed by atoms with Gasteiger partial charge in [0.05, 0.1) is 17.2 Å². The Bertz CT molecular complexity index is 1010. The largest absolute Gasteiger partial charge is 0.450 e. The van der Waals surface area contributed by atoms with Gasteiger partial charge in [-0.2, -0.15) is 18.4 Å². The van der Waals surface area contributed by atoms with E-state index < -0.39 is 11.7 Å². The van der Waals surface area contributed by atoms with E-state index >= 15 is 0 Å². The van der Waals surface area contributed by atoms with Crippen LogP contribution < -0.4 is 0 Å². The molecule has 0 fully saturated rings. The highest BCUT2D eigenvalue weighted by molar-refractivity contribution is 7.99. The van der Waals surface area contributed by atoms with E-state index in [9.17, 15) is 18.4 Å². The number of allylic oxidation sites excluding steroid dienone is 1. The summed E-state index contributed by atoms with van der Waals surface area (Å²) in [4.78, 5) is 1.00. The molecular weight excluding hydrogens is 371 g/mol. The predicted molar refractivity (Wildman–Crippen MR) is 98.9 cm³/mol. The van der Waals surface area contributed by atoms with E-state index in [2.05, 4.69) is 0 Å². The number of furan rings is 1. The number of hydrogen-bond donors (Lipinski definition) is 0. The van der Waals surface area contributed by atoms with Gasteiger partial charge in [-0.05, 0) is 55.0 Å². The molecule has 0 radical (unpaired) electrons. The highest BCUT2D eigenvalue weighted by Gasteiger charge is 2.30. The third-order valence-corrected chi connectivity index (χ3v) is 4.68. The van der Waals surface area contributed by atoms with Crippen molar-refractivity contribution in [1.29, 1.82) is 5.26 Å². The topological polar surface area (TPSA) is 36.9 Å². The molecule has 6 heteroatoms. The molecule has 0 amide bonds. The molecule has 1 heterocycles. The van der Waals surface area contributed by atoms with Gasteiger partial charge in [-0.3, -0.25) is 0 Å². The molecule has 0 atom stereocenters. The first-order valence-electron chi connectivity index (χ1n) is 7.99. The molecule has 3 rings (SSSR count). The first-order chi connectivity index (χ1) is 12.8. The lowest BCUT2D eigenvalue weighted by molar-refractivity contribution is -0.137. The van der Waals surface area contributed by atoms with E-state index in [4.69, 9.17) is 4.42 Å². The quantitative estimate of drug-likeness (QED) is 0.462. The van der Waals surface area contributed by atoms with E-state index in [1.807, 2.05) is 37.3 Å². The summed E-state index contributed by atoms with van der Waals surface area (Å²) in [5.74, 6) is 0.401. The molecule has 3 aromatic rings. The Balaban J connectivity index is 1.84. The van der Waals surface area contributed by atoms with E-state index in [0.29, 0.717) is 10.9 Å². The molecule has 0 saturated carbocycles. The lowest BCUT2D eigenvalue weighted by atomic mass is 10.0. The number of benzene rings is 2. The molecule has 0 unspecified atom stereocenters. The summed E-state index contributed by atoms with van der Waals surface area (Å²) in [7, 11) is 0. The Morgan fingerprint density at radius 1 is 1.07 bits per heavy atom. The highest BCUT2D eigenvalue weighted by Crippen LogP contribution is 2.33. The third-order valence-electron chi connectivity index (χ3n) is 3.75. The van der Waals surface area contributed by atoms with Crippen molar-refractivity contribution in [1.82, 2.24) is 0 Å². The Morgan fingerprint density at radius 3 is 2.48 bits per heavy atom. The smallest absolute Gasteiger partial charge is 0.416 e. The van der Waals surface area contributed by atoms with Gasteiger partial charge in [-0.1, -0.05) is 41.6 Å². The first-order valence-corrected chi connectivity index (χ1v) is 8.80. The van der Waals surface area contributed by atoms with Gasteiger partial charge < -0.3 is 4.42 Å². The molecule has 0 aliphatic heterocycles. The monoisotopic (exact) mass is 385 g/mol. The molecule has 1 aromatic heterocycles. The van der Waals surface area contributed by atoms with Crippen LogP contribution in [0.3, 0.4) is 0 Å². The van der Waals surface area contributed by atoms with E-state index in [1.165, 1.54) is 30.0 Å². The van der Waals surface area contributed by atoms with Crippen LogP contribution in [0.5, 0.6) is 0 Å². The van der Waals surface area contributed by atoms with Crippen LogP contribution in [0, 0.1) is 18.3 Å². The highest BCUT2D eigenvalue weighted by atomic mass is 32.2. The van der Waals surface area contributed by atoms with Crippen LogP contribution >= 0.6 is 11.8 Å². The number of aryl methyl sites for hydroxylation is 1. The standard InChI is InChI=1S/C21H14F3NOS/c1-14-5-8-19(9-6-14)27-20-10-7-18(26-20)12-16(13-25)15-3-2-4-17(11-15)21(22,23)24/h2-12H,1H3/b16-12-. The van der Waals surface area contributed by atoms with E-state index in [0.717, 1.165) is 22.6 Å². The number of nitriles is 1. The minimum absolute atomic E-state index is 0.0994. The molecule has 0 aliphatic carbocycles. The maximum absolute atomic E-state index is 12.9. The molecule has 27 heavy (non-hydrogen) atoms. The number of nitrogens with zero attached hydrogens (tertiary/aromatic N) is 1. The SMILES string of the molecule is Cc1ccc(Sc2ccc(/C=C(/C#N)c3cccc(C(F)(F)F)c3)o2)cc1. The molecule has 0 aliphatic rings. The molecule has 136 valence electrons. The van der Waals surface area contributed by atoms with Crippen molar-refractivity contribution >= 4 is 23.4 Å². The summed E-state index contributed by atoms with van der Waals surface area (Å²) in [6.07, 6.45) is -3.02. The van der Waals surface area contributed by atoms with Gasteiger partial charge in [-0.25, -0.2) is 0 Å². The van der Waals surface area contributed by atoms with Crippen LogP contribution in [0.4, 0.5) is 13.2 Å². The van der Waals surface area contributed by atoms with Crippen LogP contribution in [-0.4, -0.2) is 0 Å². The minimum Gasteiger partial charge on any atom is -0.450 e. The first kappa shape index (κ1) is 18.9. The fraction of sp³-hybridized carbons (Fsp3) is 0.0952. The van der Waals surface area contributed by atoms with Gasteiger partial charge in [-0.15, -0.1) is 0 Å². The van der Waals surface area contributed by atoms with Crippen LogP contribution in [-0.2, 0) is 6.18 Å². The lowest BCUT2D eigenvalue weighted by Gasteiger charge is -2.07. The number of hydrogen-bond acceptors (Lipinski definition) is 3. The van der Waals surface area contributed by atoms with E-state index in [-0.39, 0.29) is 11.1 Å². The molecule has 0 saturated heterocycles. The second-order valence-corrected chi connectivity index (χ2v) is 6.90. The van der Waals surface area contributed by atoms with Crippen molar-refractivity contribution in [2.24, 2.45) is 0 Å². The number of halogens is 3. The molecule has 0 spiro atoms. The molecule has 0 N–H and O–H groups in total. The van der Waals surface area contributed by atoms with Crippen LogP contribution in [0.25, 0.3) is 11.6 Å². The zero-order chi connectivity index (χ0) is 19.4. The van der Waals surface area contributed by atoms with Gasteiger partial charge in [0.1, 0.15) is 5.76 Å². The fourth-order valence-electron chi connectivity index (χ4n) is 2.37.